The smallest absolute Gasteiger partial charge is 0.317 e. The largest absolute Gasteiger partial charge is 0.372 e. The monoisotopic (exact) mass is 476 g/mol. The van der Waals surface area contributed by atoms with E-state index in [-0.39, 0.29) is 17.7 Å². The molecule has 8 nitrogen and oxygen atoms in total. The van der Waals surface area contributed by atoms with Gasteiger partial charge in [0.1, 0.15) is 5.60 Å². The molecule has 2 N–H and O–H groups in total. The maximum Gasteiger partial charge on any atom is 0.317 e. The Hall–Kier alpha value is -3.10. The van der Waals surface area contributed by atoms with Crippen LogP contribution in [0.1, 0.15) is 32.3 Å². The second kappa shape index (κ2) is 9.87. The first-order chi connectivity index (χ1) is 17.0. The van der Waals surface area contributed by atoms with Gasteiger partial charge >= 0.3 is 6.03 Å². The quantitative estimate of drug-likeness (QED) is 0.590. The summed E-state index contributed by atoms with van der Waals surface area (Å²) in [5.41, 5.74) is 5.51. The van der Waals surface area contributed by atoms with Gasteiger partial charge in [0, 0.05) is 63.8 Å². The van der Waals surface area contributed by atoms with Crippen molar-refractivity contribution in [1.82, 2.24) is 25.1 Å². The molecule has 0 bridgehead atoms. The Balaban J connectivity index is 1.34. The minimum atomic E-state index is -0.245. The highest BCUT2D eigenvalue weighted by Crippen LogP contribution is 2.34. The van der Waals surface area contributed by atoms with Crippen LogP contribution in [0, 0.1) is 0 Å². The number of ether oxygens (including phenoxy) is 1. The number of rotatable bonds is 5. The van der Waals surface area contributed by atoms with Crippen molar-refractivity contribution in [3.63, 3.8) is 0 Å². The third-order valence-corrected chi connectivity index (χ3v) is 7.29. The number of aromatic nitrogens is 2. The summed E-state index contributed by atoms with van der Waals surface area (Å²) in [5.74, 6) is 0. The molecule has 1 atom stereocenters. The zero-order valence-corrected chi connectivity index (χ0v) is 21.0. The number of benzene rings is 1. The van der Waals surface area contributed by atoms with E-state index in [1.54, 1.807) is 0 Å². The van der Waals surface area contributed by atoms with E-state index in [2.05, 4.69) is 63.2 Å². The molecule has 2 amide bonds. The van der Waals surface area contributed by atoms with Gasteiger partial charge in [-0.15, -0.1) is 0 Å². The molecule has 0 spiro atoms. The van der Waals surface area contributed by atoms with E-state index in [0.717, 1.165) is 61.4 Å². The summed E-state index contributed by atoms with van der Waals surface area (Å²) in [7, 11) is 1.81. The van der Waals surface area contributed by atoms with Crippen LogP contribution in [0.5, 0.6) is 0 Å². The lowest BCUT2D eigenvalue weighted by Crippen LogP contribution is -2.53. The second-order valence-corrected chi connectivity index (χ2v) is 9.91. The number of hydrogen-bond donors (Lipinski definition) is 2. The number of piperidine rings is 1. The minimum absolute atomic E-state index is 0.0206. The molecule has 186 valence electrons. The lowest BCUT2D eigenvalue weighted by atomic mass is 9.85. The average molecular weight is 477 g/mol. The van der Waals surface area contributed by atoms with E-state index in [9.17, 15) is 4.79 Å². The van der Waals surface area contributed by atoms with Gasteiger partial charge in [-0.2, -0.15) is 5.10 Å². The molecule has 2 aromatic heterocycles. The molecule has 2 fully saturated rings. The molecule has 2 aliphatic rings. The van der Waals surface area contributed by atoms with E-state index in [0.29, 0.717) is 13.1 Å². The Kier molecular flexibility index (Phi) is 6.67. The normalized spacial score (nSPS) is 21.0. The molecule has 35 heavy (non-hydrogen) atoms. The van der Waals surface area contributed by atoms with Gasteiger partial charge in [-0.25, -0.2) is 9.31 Å². The van der Waals surface area contributed by atoms with Crippen LogP contribution in [-0.4, -0.2) is 73.0 Å². The van der Waals surface area contributed by atoms with Crippen LogP contribution >= 0.6 is 0 Å². The number of fused-ring (bicyclic) bond motifs is 1. The molecule has 0 saturated carbocycles. The summed E-state index contributed by atoms with van der Waals surface area (Å²) in [6.45, 7) is 8.89. The number of carbonyl (C=O) groups excluding carboxylic acids is 1. The van der Waals surface area contributed by atoms with Crippen LogP contribution in [0.4, 0.5) is 10.5 Å². The molecule has 8 heteroatoms. The molecule has 4 heterocycles. The molecule has 3 aromatic rings. The SMILES string of the molecule is CO[C@]1(c2ccc(-c3cc4c(N5CCN(C(=O)NC(C)C)CC5)ccnn4c3)cc2)CCCNC1. The molecule has 2 aliphatic heterocycles. The van der Waals surface area contributed by atoms with Gasteiger partial charge in [0.05, 0.1) is 11.2 Å². The summed E-state index contributed by atoms with van der Waals surface area (Å²) in [5, 5.41) is 11.0. The number of urea groups is 1. The second-order valence-electron chi connectivity index (χ2n) is 9.91. The zero-order chi connectivity index (χ0) is 24.4. The molecule has 0 aliphatic carbocycles. The van der Waals surface area contributed by atoms with Crippen LogP contribution < -0.4 is 15.5 Å². The van der Waals surface area contributed by atoms with E-state index < -0.39 is 0 Å². The van der Waals surface area contributed by atoms with Crippen LogP contribution in [0.25, 0.3) is 16.6 Å². The number of nitrogens with one attached hydrogen (secondary N) is 2. The summed E-state index contributed by atoms with van der Waals surface area (Å²) >= 11 is 0. The first-order valence-electron chi connectivity index (χ1n) is 12.6. The standard InChI is InChI=1S/C27H36N6O2/c1-20(2)30-26(34)32-15-13-31(14-16-32)24-9-12-29-33-18-22(17-25(24)33)21-5-7-23(8-6-21)27(35-3)10-4-11-28-19-27/h5-9,12,17-18,20,28H,4,10-11,13-16,19H2,1-3H3,(H,30,34)/t27-/m1/s1. The maximum atomic E-state index is 12.4. The van der Waals surface area contributed by atoms with Gasteiger partial charge in [0.15, 0.2) is 0 Å². The predicted octanol–water partition coefficient (Wildman–Crippen LogP) is 3.47. The topological polar surface area (TPSA) is 74.1 Å². The molecule has 1 aromatic carbocycles. The summed E-state index contributed by atoms with van der Waals surface area (Å²) in [4.78, 5) is 16.6. The van der Waals surface area contributed by atoms with Crippen LogP contribution in [-0.2, 0) is 10.3 Å². The number of anilines is 1. The van der Waals surface area contributed by atoms with Crippen molar-refractivity contribution in [3.8, 4) is 11.1 Å². The Labute approximate surface area is 207 Å². The van der Waals surface area contributed by atoms with Crippen LogP contribution in [0.15, 0.2) is 48.8 Å². The van der Waals surface area contributed by atoms with Crippen LogP contribution in [0.3, 0.4) is 0 Å². The molecule has 0 radical (unpaired) electrons. The number of hydrogen-bond acceptors (Lipinski definition) is 5. The Morgan fingerprint density at radius 1 is 1.11 bits per heavy atom. The fourth-order valence-electron chi connectivity index (χ4n) is 5.30. The number of piperazine rings is 1. The van der Waals surface area contributed by atoms with Gasteiger partial charge in [-0.1, -0.05) is 24.3 Å². The van der Waals surface area contributed by atoms with Crippen molar-refractivity contribution >= 4 is 17.2 Å². The average Bonchev–Trinajstić information content (AvgIpc) is 3.33. The lowest BCUT2D eigenvalue weighted by Gasteiger charge is -2.37. The van der Waals surface area contributed by atoms with E-state index in [1.165, 1.54) is 5.56 Å². The van der Waals surface area contributed by atoms with Crippen molar-refractivity contribution in [1.29, 1.82) is 0 Å². The van der Waals surface area contributed by atoms with E-state index in [4.69, 9.17) is 4.74 Å². The van der Waals surface area contributed by atoms with Crippen molar-refractivity contribution in [2.24, 2.45) is 0 Å². The Morgan fingerprint density at radius 3 is 2.54 bits per heavy atom. The third kappa shape index (κ3) is 4.73. The maximum absolute atomic E-state index is 12.4. The Morgan fingerprint density at radius 2 is 1.89 bits per heavy atom. The first kappa shape index (κ1) is 23.6. The van der Waals surface area contributed by atoms with Crippen molar-refractivity contribution in [2.75, 3.05) is 51.3 Å². The van der Waals surface area contributed by atoms with E-state index >= 15 is 0 Å². The molecule has 0 unspecified atom stereocenters. The highest BCUT2D eigenvalue weighted by atomic mass is 16.5. The first-order valence-corrected chi connectivity index (χ1v) is 12.6. The number of nitrogens with zero attached hydrogens (tertiary/aromatic N) is 4. The van der Waals surface area contributed by atoms with Crippen molar-refractivity contribution in [2.45, 2.75) is 38.3 Å². The molecular weight excluding hydrogens is 440 g/mol. The summed E-state index contributed by atoms with van der Waals surface area (Å²) in [6.07, 6.45) is 6.09. The van der Waals surface area contributed by atoms with Gasteiger partial charge < -0.3 is 25.2 Å². The number of amides is 2. The summed E-state index contributed by atoms with van der Waals surface area (Å²) < 4.78 is 7.93. The molecule has 2 saturated heterocycles. The van der Waals surface area contributed by atoms with Crippen molar-refractivity contribution in [3.05, 3.63) is 54.4 Å². The van der Waals surface area contributed by atoms with Crippen molar-refractivity contribution < 1.29 is 9.53 Å². The predicted molar refractivity (Wildman–Crippen MR) is 139 cm³/mol. The third-order valence-electron chi connectivity index (χ3n) is 7.29. The van der Waals surface area contributed by atoms with E-state index in [1.807, 2.05) is 36.6 Å². The van der Waals surface area contributed by atoms with Gasteiger partial charge in [-0.05, 0) is 56.5 Å². The number of methoxy groups -OCH3 is 1. The number of carbonyl (C=O) groups is 1. The fourth-order valence-corrected chi connectivity index (χ4v) is 5.30. The summed E-state index contributed by atoms with van der Waals surface area (Å²) in [6, 6.07) is 13.2. The lowest BCUT2D eigenvalue weighted by molar-refractivity contribution is -0.0333. The molecular formula is C27H36N6O2. The van der Waals surface area contributed by atoms with Gasteiger partial charge in [0.2, 0.25) is 0 Å². The highest BCUT2D eigenvalue weighted by Gasteiger charge is 2.33. The van der Waals surface area contributed by atoms with Gasteiger partial charge in [0.25, 0.3) is 0 Å². The Bertz CT molecular complexity index is 1160. The zero-order valence-electron chi connectivity index (χ0n) is 21.0. The van der Waals surface area contributed by atoms with Gasteiger partial charge in [-0.3, -0.25) is 0 Å². The highest BCUT2D eigenvalue weighted by molar-refractivity contribution is 5.80. The molecule has 5 rings (SSSR count). The fraction of sp³-hybridized carbons (Fsp3) is 0.481. The minimum Gasteiger partial charge on any atom is -0.372 e. The van der Waals surface area contributed by atoms with Crippen LogP contribution in [0.2, 0.25) is 0 Å².